The zero-order valence-electron chi connectivity index (χ0n) is 17.1. The number of carbonyl (C=O) groups excluding carboxylic acids is 2. The maximum atomic E-state index is 12.2. The van der Waals surface area contributed by atoms with E-state index in [0.717, 1.165) is 27.8 Å². The van der Waals surface area contributed by atoms with Gasteiger partial charge in [-0.1, -0.05) is 41.9 Å². The molecule has 32 heavy (non-hydrogen) atoms. The smallest absolute Gasteiger partial charge is 0.258 e. The van der Waals surface area contributed by atoms with Gasteiger partial charge in [0, 0.05) is 17.3 Å². The van der Waals surface area contributed by atoms with Gasteiger partial charge in [-0.25, -0.2) is 4.98 Å². The number of benzene rings is 3. The Labute approximate surface area is 189 Å². The van der Waals surface area contributed by atoms with Gasteiger partial charge in [0.05, 0.1) is 17.5 Å². The van der Waals surface area contributed by atoms with E-state index >= 15 is 0 Å². The maximum absolute atomic E-state index is 12.2. The van der Waals surface area contributed by atoms with Crippen molar-refractivity contribution in [1.82, 2.24) is 14.9 Å². The van der Waals surface area contributed by atoms with Crippen LogP contribution < -0.4 is 15.8 Å². The zero-order valence-corrected chi connectivity index (χ0v) is 17.9. The minimum absolute atomic E-state index is 0.133. The summed E-state index contributed by atoms with van der Waals surface area (Å²) in [5.41, 5.74) is 9.54. The first-order chi connectivity index (χ1) is 15.5. The molecule has 3 aromatic carbocycles. The molecule has 0 saturated carbocycles. The molecule has 3 N–H and O–H groups in total. The Morgan fingerprint density at radius 2 is 1.84 bits per heavy atom. The van der Waals surface area contributed by atoms with E-state index in [1.165, 1.54) is 0 Å². The van der Waals surface area contributed by atoms with Gasteiger partial charge in [0.25, 0.3) is 5.91 Å². The number of aromatic nitrogens is 2. The van der Waals surface area contributed by atoms with Crippen LogP contribution in [0.4, 0.5) is 0 Å². The Morgan fingerprint density at radius 3 is 2.59 bits per heavy atom. The molecule has 0 aliphatic rings. The number of amides is 2. The molecule has 4 rings (SSSR count). The average Bonchev–Trinajstić information content (AvgIpc) is 3.21. The van der Waals surface area contributed by atoms with E-state index < -0.39 is 5.91 Å². The Bertz CT molecular complexity index is 1270. The summed E-state index contributed by atoms with van der Waals surface area (Å²) in [6, 6.07) is 20.4. The van der Waals surface area contributed by atoms with Gasteiger partial charge in [-0.15, -0.1) is 0 Å². The Hall–Kier alpha value is -3.84. The van der Waals surface area contributed by atoms with Gasteiger partial charge in [-0.3, -0.25) is 14.2 Å². The summed E-state index contributed by atoms with van der Waals surface area (Å²) in [5.74, 6) is -0.140. The van der Waals surface area contributed by atoms with Crippen LogP contribution in [-0.2, 0) is 22.6 Å². The fourth-order valence-corrected chi connectivity index (χ4v) is 3.53. The first-order valence-electron chi connectivity index (χ1n) is 9.97. The molecular formula is C24H21ClN4O3. The normalized spacial score (nSPS) is 10.8. The number of nitrogens with zero attached hydrogens (tertiary/aromatic N) is 2. The predicted molar refractivity (Wildman–Crippen MR) is 123 cm³/mol. The molecule has 0 saturated heterocycles. The van der Waals surface area contributed by atoms with Crippen LogP contribution in [0.5, 0.6) is 5.75 Å². The van der Waals surface area contributed by atoms with E-state index in [0.29, 0.717) is 10.8 Å². The molecule has 0 atom stereocenters. The molecule has 0 unspecified atom stereocenters. The monoisotopic (exact) mass is 448 g/mol. The van der Waals surface area contributed by atoms with Crippen LogP contribution in [0, 0.1) is 0 Å². The number of primary amides is 1. The van der Waals surface area contributed by atoms with Crippen molar-refractivity contribution in [1.29, 1.82) is 0 Å². The fourth-order valence-electron chi connectivity index (χ4n) is 3.29. The summed E-state index contributed by atoms with van der Waals surface area (Å²) in [5, 5.41) is 3.35. The standard InChI is InChI=1S/C24H21ClN4O3/c25-20-12-18(29-15-28-21-3-1-2-4-22(21)29)8-7-17(20)13-27-24(31)14-32-19-9-5-16(6-10-19)11-23(26)30/h1-10,12,15H,11,13-14H2,(H2,26,30)(H,27,31). The van der Waals surface area contributed by atoms with Crippen molar-refractivity contribution in [3.05, 3.63) is 89.2 Å². The molecule has 1 heterocycles. The summed E-state index contributed by atoms with van der Waals surface area (Å²) >= 11 is 6.46. The third kappa shape index (κ3) is 5.07. The molecule has 7 nitrogen and oxygen atoms in total. The van der Waals surface area contributed by atoms with Crippen LogP contribution in [0.1, 0.15) is 11.1 Å². The van der Waals surface area contributed by atoms with Gasteiger partial charge < -0.3 is 15.8 Å². The van der Waals surface area contributed by atoms with Gasteiger partial charge in [0.1, 0.15) is 12.1 Å². The van der Waals surface area contributed by atoms with Crippen LogP contribution in [-0.4, -0.2) is 28.0 Å². The van der Waals surface area contributed by atoms with Crippen LogP contribution in [0.15, 0.2) is 73.1 Å². The molecule has 0 aliphatic carbocycles. The quantitative estimate of drug-likeness (QED) is 0.431. The van der Waals surface area contributed by atoms with Crippen molar-refractivity contribution in [3.8, 4) is 11.4 Å². The van der Waals surface area contributed by atoms with E-state index in [2.05, 4.69) is 10.3 Å². The van der Waals surface area contributed by atoms with Crippen molar-refractivity contribution in [2.75, 3.05) is 6.61 Å². The summed E-state index contributed by atoms with van der Waals surface area (Å²) in [6.07, 6.45) is 1.92. The van der Waals surface area contributed by atoms with Gasteiger partial charge in [0.15, 0.2) is 6.61 Å². The second kappa shape index (κ2) is 9.53. The Balaban J connectivity index is 1.32. The molecule has 0 radical (unpaired) electrons. The summed E-state index contributed by atoms with van der Waals surface area (Å²) < 4.78 is 7.45. The molecule has 2 amide bonds. The highest BCUT2D eigenvalue weighted by molar-refractivity contribution is 6.31. The summed E-state index contributed by atoms with van der Waals surface area (Å²) in [7, 11) is 0. The molecule has 0 bridgehead atoms. The summed E-state index contributed by atoms with van der Waals surface area (Å²) in [4.78, 5) is 27.5. The number of nitrogens with one attached hydrogen (secondary N) is 1. The number of hydrogen-bond acceptors (Lipinski definition) is 4. The molecule has 0 spiro atoms. The molecule has 8 heteroatoms. The largest absolute Gasteiger partial charge is 0.484 e. The first kappa shape index (κ1) is 21.4. The van der Waals surface area contributed by atoms with Crippen molar-refractivity contribution in [3.63, 3.8) is 0 Å². The van der Waals surface area contributed by atoms with Crippen LogP contribution >= 0.6 is 11.6 Å². The van der Waals surface area contributed by atoms with Crippen molar-refractivity contribution in [2.24, 2.45) is 5.73 Å². The van der Waals surface area contributed by atoms with E-state index in [9.17, 15) is 9.59 Å². The van der Waals surface area contributed by atoms with Gasteiger partial charge >= 0.3 is 0 Å². The van der Waals surface area contributed by atoms with E-state index in [4.69, 9.17) is 22.1 Å². The second-order valence-corrected chi connectivity index (χ2v) is 7.64. The number of rotatable bonds is 8. The number of hydrogen-bond donors (Lipinski definition) is 2. The molecule has 4 aromatic rings. The zero-order chi connectivity index (χ0) is 22.5. The highest BCUT2D eigenvalue weighted by atomic mass is 35.5. The SMILES string of the molecule is NC(=O)Cc1ccc(OCC(=O)NCc2ccc(-n3cnc4ccccc43)cc2Cl)cc1. The topological polar surface area (TPSA) is 99.2 Å². The average molecular weight is 449 g/mol. The number of nitrogens with two attached hydrogens (primary N) is 1. The minimum atomic E-state index is -0.400. The highest BCUT2D eigenvalue weighted by Gasteiger charge is 2.09. The highest BCUT2D eigenvalue weighted by Crippen LogP contribution is 2.23. The molecule has 0 fully saturated rings. The lowest BCUT2D eigenvalue weighted by atomic mass is 10.1. The number of imidazole rings is 1. The molecule has 0 aliphatic heterocycles. The number of halogens is 1. The van der Waals surface area contributed by atoms with Crippen LogP contribution in [0.3, 0.4) is 0 Å². The predicted octanol–water partition coefficient (Wildman–Crippen LogP) is 3.40. The lowest BCUT2D eigenvalue weighted by Crippen LogP contribution is -2.28. The minimum Gasteiger partial charge on any atom is -0.484 e. The van der Waals surface area contributed by atoms with E-state index in [1.807, 2.05) is 47.0 Å². The Morgan fingerprint density at radius 1 is 1.06 bits per heavy atom. The number of fused-ring (bicyclic) bond motifs is 1. The second-order valence-electron chi connectivity index (χ2n) is 7.23. The van der Waals surface area contributed by atoms with Gasteiger partial charge in [0.2, 0.25) is 5.91 Å². The number of carbonyl (C=O) groups is 2. The van der Waals surface area contributed by atoms with Gasteiger partial charge in [-0.05, 0) is 47.5 Å². The number of para-hydroxylation sites is 2. The molecule has 1 aromatic heterocycles. The lowest BCUT2D eigenvalue weighted by Gasteiger charge is -2.11. The Kier molecular flexibility index (Phi) is 6.37. The third-order valence-electron chi connectivity index (χ3n) is 4.92. The van der Waals surface area contributed by atoms with Crippen LogP contribution in [0.25, 0.3) is 16.7 Å². The van der Waals surface area contributed by atoms with Crippen molar-refractivity contribution < 1.29 is 14.3 Å². The van der Waals surface area contributed by atoms with Crippen molar-refractivity contribution in [2.45, 2.75) is 13.0 Å². The number of ether oxygens (including phenoxy) is 1. The van der Waals surface area contributed by atoms with Crippen molar-refractivity contribution >= 4 is 34.4 Å². The van der Waals surface area contributed by atoms with E-state index in [-0.39, 0.29) is 25.5 Å². The summed E-state index contributed by atoms with van der Waals surface area (Å²) in [6.45, 7) is 0.148. The maximum Gasteiger partial charge on any atom is 0.258 e. The fraction of sp³-hybridized carbons (Fsp3) is 0.125. The van der Waals surface area contributed by atoms with Gasteiger partial charge in [-0.2, -0.15) is 0 Å². The first-order valence-corrected chi connectivity index (χ1v) is 10.3. The van der Waals surface area contributed by atoms with Crippen LogP contribution in [0.2, 0.25) is 5.02 Å². The third-order valence-corrected chi connectivity index (χ3v) is 5.27. The lowest BCUT2D eigenvalue weighted by molar-refractivity contribution is -0.123. The molecule has 162 valence electrons. The van der Waals surface area contributed by atoms with E-state index in [1.54, 1.807) is 30.6 Å². The molecular weight excluding hydrogens is 428 g/mol.